The maximum absolute atomic E-state index is 6.35. The normalized spacial score (nSPS) is 22.7. The molecular weight excluding hydrogens is 272 g/mol. The van der Waals surface area contributed by atoms with Crippen LogP contribution in [0.2, 0.25) is 5.02 Å². The quantitative estimate of drug-likeness (QED) is 0.913. The summed E-state index contributed by atoms with van der Waals surface area (Å²) >= 11 is 6.35. The molecule has 0 amide bonds. The second kappa shape index (κ2) is 5.85. The van der Waals surface area contributed by atoms with Crippen molar-refractivity contribution < 1.29 is 0 Å². The summed E-state index contributed by atoms with van der Waals surface area (Å²) in [5, 5.41) is 4.31. The first kappa shape index (κ1) is 13.5. The number of nitrogens with two attached hydrogens (primary N) is 1. The van der Waals surface area contributed by atoms with Gasteiger partial charge < -0.3 is 15.6 Å². The van der Waals surface area contributed by atoms with E-state index in [0.717, 1.165) is 30.6 Å². The van der Waals surface area contributed by atoms with Crippen LogP contribution < -0.4 is 11.1 Å². The van der Waals surface area contributed by atoms with Gasteiger partial charge in [0.2, 0.25) is 0 Å². The monoisotopic (exact) mass is 290 g/mol. The molecule has 3 N–H and O–H groups in total. The largest absolute Gasteiger partial charge is 0.381 e. The Morgan fingerprint density at radius 2 is 2.25 bits per heavy atom. The number of benzene rings is 1. The molecule has 0 spiro atoms. The average Bonchev–Trinajstić information content (AvgIpc) is 2.92. The van der Waals surface area contributed by atoms with Crippen LogP contribution >= 0.6 is 11.6 Å². The summed E-state index contributed by atoms with van der Waals surface area (Å²) < 4.78 is 1.94. The lowest BCUT2D eigenvalue weighted by Crippen LogP contribution is -2.35. The van der Waals surface area contributed by atoms with E-state index in [9.17, 15) is 0 Å². The van der Waals surface area contributed by atoms with Gasteiger partial charge in [0.05, 0.1) is 22.7 Å². The maximum atomic E-state index is 6.35. The van der Waals surface area contributed by atoms with Crippen molar-refractivity contribution in [2.45, 2.75) is 37.8 Å². The third-order valence-electron chi connectivity index (χ3n) is 3.82. The molecule has 1 aliphatic rings. The molecular formula is C15H19ClN4. The van der Waals surface area contributed by atoms with Crippen molar-refractivity contribution in [3.63, 3.8) is 0 Å². The number of rotatable bonds is 3. The number of hydrogen-bond acceptors (Lipinski definition) is 3. The first-order chi connectivity index (χ1) is 9.74. The lowest BCUT2D eigenvalue weighted by Gasteiger charge is -2.29. The lowest BCUT2D eigenvalue weighted by atomic mass is 9.91. The number of aromatic nitrogens is 2. The Kier molecular flexibility index (Phi) is 3.94. The van der Waals surface area contributed by atoms with Gasteiger partial charge in [0, 0.05) is 24.5 Å². The predicted octanol–water partition coefficient (Wildman–Crippen LogP) is 3.21. The van der Waals surface area contributed by atoms with E-state index >= 15 is 0 Å². The van der Waals surface area contributed by atoms with Crippen molar-refractivity contribution in [2.24, 2.45) is 5.73 Å². The lowest BCUT2D eigenvalue weighted by molar-refractivity contribution is 0.409. The molecule has 0 aliphatic heterocycles. The number of anilines is 1. The highest BCUT2D eigenvalue weighted by Gasteiger charge is 2.20. The van der Waals surface area contributed by atoms with Crippen LogP contribution in [0.5, 0.6) is 0 Å². The van der Waals surface area contributed by atoms with E-state index < -0.39 is 0 Å². The summed E-state index contributed by atoms with van der Waals surface area (Å²) in [6.45, 7) is 0. The van der Waals surface area contributed by atoms with Crippen LogP contribution in [0.15, 0.2) is 36.9 Å². The third kappa shape index (κ3) is 2.81. The minimum Gasteiger partial charge on any atom is -0.381 e. The summed E-state index contributed by atoms with van der Waals surface area (Å²) in [5.74, 6) is 0. The summed E-state index contributed by atoms with van der Waals surface area (Å²) in [5.41, 5.74) is 8.05. The Labute approximate surface area is 124 Å². The van der Waals surface area contributed by atoms with Gasteiger partial charge in [-0.3, -0.25) is 0 Å². The molecule has 0 saturated heterocycles. The highest BCUT2D eigenvalue weighted by atomic mass is 35.5. The molecule has 20 heavy (non-hydrogen) atoms. The highest BCUT2D eigenvalue weighted by molar-refractivity contribution is 6.33. The van der Waals surface area contributed by atoms with Crippen LogP contribution in [-0.2, 0) is 0 Å². The Morgan fingerprint density at radius 1 is 1.35 bits per heavy atom. The topological polar surface area (TPSA) is 55.9 Å². The molecule has 3 rings (SSSR count). The fourth-order valence-corrected chi connectivity index (χ4v) is 3.14. The summed E-state index contributed by atoms with van der Waals surface area (Å²) in [6, 6.07) is 6.64. The van der Waals surface area contributed by atoms with E-state index in [1.807, 2.05) is 22.9 Å². The van der Waals surface area contributed by atoms with E-state index in [4.69, 9.17) is 17.3 Å². The van der Waals surface area contributed by atoms with E-state index in [0.29, 0.717) is 17.1 Å². The van der Waals surface area contributed by atoms with Crippen LogP contribution in [0.4, 0.5) is 5.69 Å². The second-order valence-corrected chi connectivity index (χ2v) is 5.78. The molecule has 1 fully saturated rings. The van der Waals surface area contributed by atoms with Crippen LogP contribution in [0.1, 0.15) is 25.7 Å². The van der Waals surface area contributed by atoms with Gasteiger partial charge in [-0.05, 0) is 37.8 Å². The molecule has 4 nitrogen and oxygen atoms in total. The molecule has 2 aromatic rings. The van der Waals surface area contributed by atoms with Gasteiger partial charge >= 0.3 is 0 Å². The maximum Gasteiger partial charge on any atom is 0.0992 e. The van der Waals surface area contributed by atoms with Crippen molar-refractivity contribution >= 4 is 17.3 Å². The molecule has 0 radical (unpaired) electrons. The number of para-hydroxylation sites is 1. The van der Waals surface area contributed by atoms with Gasteiger partial charge in [0.1, 0.15) is 0 Å². The van der Waals surface area contributed by atoms with Crippen LogP contribution in [0, 0.1) is 0 Å². The molecule has 1 saturated carbocycles. The minimum atomic E-state index is 0.303. The summed E-state index contributed by atoms with van der Waals surface area (Å²) in [7, 11) is 0. The van der Waals surface area contributed by atoms with Crippen molar-refractivity contribution in [3.8, 4) is 5.69 Å². The minimum absolute atomic E-state index is 0.303. The molecule has 2 unspecified atom stereocenters. The van der Waals surface area contributed by atoms with E-state index in [1.165, 1.54) is 6.42 Å². The Balaban J connectivity index is 1.88. The van der Waals surface area contributed by atoms with Crippen molar-refractivity contribution in [2.75, 3.05) is 5.32 Å². The smallest absolute Gasteiger partial charge is 0.0992 e. The van der Waals surface area contributed by atoms with Crippen LogP contribution in [-0.4, -0.2) is 21.6 Å². The number of nitrogens with one attached hydrogen (secondary N) is 1. The Hall–Kier alpha value is -1.52. The molecule has 1 aromatic heterocycles. The first-order valence-corrected chi connectivity index (χ1v) is 7.41. The van der Waals surface area contributed by atoms with Gasteiger partial charge in [0.25, 0.3) is 0 Å². The third-order valence-corrected chi connectivity index (χ3v) is 4.13. The number of hydrogen-bond donors (Lipinski definition) is 2. The van der Waals surface area contributed by atoms with E-state index in [2.05, 4.69) is 16.4 Å². The summed E-state index contributed by atoms with van der Waals surface area (Å²) in [4.78, 5) is 4.10. The van der Waals surface area contributed by atoms with Crippen molar-refractivity contribution in [1.82, 2.24) is 9.55 Å². The van der Waals surface area contributed by atoms with Gasteiger partial charge in [0.15, 0.2) is 0 Å². The van der Waals surface area contributed by atoms with Gasteiger partial charge in [-0.1, -0.05) is 17.7 Å². The van der Waals surface area contributed by atoms with Crippen LogP contribution in [0.25, 0.3) is 5.69 Å². The number of halogens is 1. The Morgan fingerprint density at radius 3 is 3.00 bits per heavy atom. The van der Waals surface area contributed by atoms with Crippen LogP contribution in [0.3, 0.4) is 0 Å². The zero-order valence-corrected chi connectivity index (χ0v) is 12.1. The molecule has 1 aromatic carbocycles. The summed E-state index contributed by atoms with van der Waals surface area (Å²) in [6.07, 6.45) is 9.89. The standard InChI is InChI=1S/C15H19ClN4/c16-13-5-2-6-14(15(13)20-8-7-18-10-20)19-12-4-1-3-11(17)9-12/h2,5-8,10-12,19H,1,3-4,9,17H2. The number of imidazole rings is 1. The molecule has 1 heterocycles. The zero-order chi connectivity index (χ0) is 13.9. The molecule has 0 bridgehead atoms. The molecule has 2 atom stereocenters. The average molecular weight is 291 g/mol. The van der Waals surface area contributed by atoms with E-state index in [1.54, 1.807) is 12.5 Å². The second-order valence-electron chi connectivity index (χ2n) is 5.37. The van der Waals surface area contributed by atoms with Crippen molar-refractivity contribution in [3.05, 3.63) is 41.9 Å². The predicted molar refractivity (Wildman–Crippen MR) is 82.4 cm³/mol. The fraction of sp³-hybridized carbons (Fsp3) is 0.400. The zero-order valence-electron chi connectivity index (χ0n) is 11.3. The Bertz CT molecular complexity index is 567. The van der Waals surface area contributed by atoms with Gasteiger partial charge in [-0.2, -0.15) is 0 Å². The molecule has 5 heteroatoms. The van der Waals surface area contributed by atoms with E-state index in [-0.39, 0.29) is 0 Å². The fourth-order valence-electron chi connectivity index (χ4n) is 2.86. The van der Waals surface area contributed by atoms with Gasteiger partial charge in [-0.25, -0.2) is 4.98 Å². The van der Waals surface area contributed by atoms with Gasteiger partial charge in [-0.15, -0.1) is 0 Å². The number of nitrogens with zero attached hydrogens (tertiary/aromatic N) is 2. The molecule has 106 valence electrons. The SMILES string of the molecule is NC1CCCC(Nc2cccc(Cl)c2-n2ccnc2)C1. The molecule has 1 aliphatic carbocycles. The highest BCUT2D eigenvalue weighted by Crippen LogP contribution is 2.30. The van der Waals surface area contributed by atoms with Crippen molar-refractivity contribution in [1.29, 1.82) is 0 Å². The first-order valence-electron chi connectivity index (χ1n) is 7.03.